The standard InChI is InChI=1S/C19H26N2O3/c1-12-5-4-6-16(13(12)2)20-17-11-18(22)21(19(17)23)14-7-9-15(24-3)10-8-14/h7-10,12-13,16-17,20H,4-6,11H2,1-3H3/p+1/t12-,13+,16+,17+/m0/s1. The highest BCUT2D eigenvalue weighted by Gasteiger charge is 2.44. The third-order valence-electron chi connectivity index (χ3n) is 5.76. The van der Waals surface area contributed by atoms with Crippen molar-refractivity contribution in [1.82, 2.24) is 0 Å². The van der Waals surface area contributed by atoms with E-state index in [1.807, 2.05) is 0 Å². The molecular weight excluding hydrogens is 304 g/mol. The van der Waals surface area contributed by atoms with Crippen LogP contribution in [0, 0.1) is 11.8 Å². The predicted molar refractivity (Wildman–Crippen MR) is 91.8 cm³/mol. The molecule has 0 aromatic heterocycles. The first-order valence-corrected chi connectivity index (χ1v) is 8.87. The molecule has 1 heterocycles. The molecule has 1 aromatic carbocycles. The molecule has 2 fully saturated rings. The van der Waals surface area contributed by atoms with E-state index < -0.39 is 0 Å². The Morgan fingerprint density at radius 2 is 1.83 bits per heavy atom. The first-order valence-electron chi connectivity index (χ1n) is 8.87. The van der Waals surface area contributed by atoms with Crippen LogP contribution in [0.4, 0.5) is 5.69 Å². The second kappa shape index (κ2) is 6.93. The smallest absolute Gasteiger partial charge is 0.292 e. The Kier molecular flexibility index (Phi) is 4.90. The van der Waals surface area contributed by atoms with Crippen LogP contribution in [0.3, 0.4) is 0 Å². The molecule has 2 N–H and O–H groups in total. The Morgan fingerprint density at radius 1 is 1.12 bits per heavy atom. The van der Waals surface area contributed by atoms with Gasteiger partial charge < -0.3 is 10.1 Å². The molecular formula is C19H27N2O3+. The van der Waals surface area contributed by atoms with Crippen molar-refractivity contribution >= 4 is 17.5 Å². The van der Waals surface area contributed by atoms with E-state index in [1.54, 1.807) is 31.4 Å². The van der Waals surface area contributed by atoms with Gasteiger partial charge in [-0.2, -0.15) is 0 Å². The van der Waals surface area contributed by atoms with Crippen molar-refractivity contribution in [2.75, 3.05) is 12.0 Å². The van der Waals surface area contributed by atoms with Gasteiger partial charge in [-0.1, -0.05) is 13.8 Å². The maximum atomic E-state index is 12.8. The summed E-state index contributed by atoms with van der Waals surface area (Å²) in [7, 11) is 1.60. The molecule has 1 aromatic rings. The number of benzene rings is 1. The lowest BCUT2D eigenvalue weighted by Gasteiger charge is -2.33. The molecule has 1 aliphatic heterocycles. The van der Waals surface area contributed by atoms with E-state index in [9.17, 15) is 9.59 Å². The van der Waals surface area contributed by atoms with Crippen LogP contribution in [-0.2, 0) is 9.59 Å². The zero-order valence-electron chi connectivity index (χ0n) is 14.7. The van der Waals surface area contributed by atoms with Gasteiger partial charge in [-0.3, -0.25) is 9.59 Å². The lowest BCUT2D eigenvalue weighted by molar-refractivity contribution is -0.716. The average Bonchev–Trinajstić information content (AvgIpc) is 2.86. The van der Waals surface area contributed by atoms with Gasteiger partial charge in [-0.25, -0.2) is 4.90 Å². The summed E-state index contributed by atoms with van der Waals surface area (Å²) in [6.45, 7) is 4.56. The average molecular weight is 331 g/mol. The van der Waals surface area contributed by atoms with Crippen molar-refractivity contribution in [3.05, 3.63) is 24.3 Å². The number of ether oxygens (including phenoxy) is 1. The largest absolute Gasteiger partial charge is 0.497 e. The van der Waals surface area contributed by atoms with Crippen LogP contribution in [0.1, 0.15) is 39.5 Å². The summed E-state index contributed by atoms with van der Waals surface area (Å²) in [6.07, 6.45) is 3.90. The first-order chi connectivity index (χ1) is 11.5. The van der Waals surface area contributed by atoms with E-state index in [-0.39, 0.29) is 17.9 Å². The quantitative estimate of drug-likeness (QED) is 0.855. The van der Waals surface area contributed by atoms with Gasteiger partial charge in [0.25, 0.3) is 5.91 Å². The molecule has 1 aliphatic carbocycles. The van der Waals surface area contributed by atoms with Gasteiger partial charge >= 0.3 is 0 Å². The molecule has 0 unspecified atom stereocenters. The zero-order chi connectivity index (χ0) is 17.3. The Morgan fingerprint density at radius 3 is 2.50 bits per heavy atom. The molecule has 5 nitrogen and oxygen atoms in total. The molecule has 5 heteroatoms. The minimum absolute atomic E-state index is 0.0874. The van der Waals surface area contributed by atoms with Crippen LogP contribution in [0.5, 0.6) is 5.75 Å². The third kappa shape index (κ3) is 3.18. The number of hydrogen-bond donors (Lipinski definition) is 1. The topological polar surface area (TPSA) is 63.2 Å². The van der Waals surface area contributed by atoms with E-state index in [4.69, 9.17) is 4.74 Å². The Hall–Kier alpha value is -1.88. The lowest BCUT2D eigenvalue weighted by atomic mass is 9.78. The highest BCUT2D eigenvalue weighted by molar-refractivity contribution is 6.21. The Balaban J connectivity index is 1.71. The van der Waals surface area contributed by atoms with E-state index >= 15 is 0 Å². The minimum atomic E-state index is -0.280. The number of amides is 2. The normalized spacial score (nSPS) is 30.7. The summed E-state index contributed by atoms with van der Waals surface area (Å²) < 4.78 is 5.13. The molecule has 4 atom stereocenters. The highest BCUT2D eigenvalue weighted by atomic mass is 16.5. The number of quaternary nitrogens is 1. The van der Waals surface area contributed by atoms with Crippen LogP contribution in [0.15, 0.2) is 24.3 Å². The molecule has 130 valence electrons. The van der Waals surface area contributed by atoms with Crippen LogP contribution in [0.25, 0.3) is 0 Å². The number of carbonyl (C=O) groups is 2. The summed E-state index contributed by atoms with van der Waals surface area (Å²) in [5.41, 5.74) is 0.631. The van der Waals surface area contributed by atoms with Crippen LogP contribution < -0.4 is 15.0 Å². The number of imide groups is 1. The molecule has 0 bridgehead atoms. The summed E-state index contributed by atoms with van der Waals surface area (Å²) in [5.74, 6) is 1.78. The molecule has 0 spiro atoms. The van der Waals surface area contributed by atoms with Gasteiger partial charge in [0.2, 0.25) is 5.91 Å². The maximum Gasteiger partial charge on any atom is 0.292 e. The summed E-state index contributed by atoms with van der Waals surface area (Å²) in [6, 6.07) is 7.24. The SMILES string of the molecule is COc1ccc(N2C(=O)C[C@@H]([NH2+][C@@H]3CCC[C@H](C)[C@H]3C)C2=O)cc1. The van der Waals surface area contributed by atoms with Gasteiger partial charge in [-0.15, -0.1) is 0 Å². The second-order valence-corrected chi connectivity index (χ2v) is 7.20. The van der Waals surface area contributed by atoms with Gasteiger partial charge in [0.15, 0.2) is 6.04 Å². The van der Waals surface area contributed by atoms with Crippen molar-refractivity contribution in [2.24, 2.45) is 11.8 Å². The highest BCUT2D eigenvalue weighted by Crippen LogP contribution is 2.29. The zero-order valence-corrected chi connectivity index (χ0v) is 14.7. The molecule has 0 radical (unpaired) electrons. The Labute approximate surface area is 143 Å². The van der Waals surface area contributed by atoms with Gasteiger partial charge in [0.05, 0.1) is 25.3 Å². The number of anilines is 1. The summed E-state index contributed by atoms with van der Waals surface area (Å²) in [4.78, 5) is 26.5. The number of nitrogens with zero attached hydrogens (tertiary/aromatic N) is 1. The number of rotatable bonds is 4. The van der Waals surface area contributed by atoms with Crippen molar-refractivity contribution in [1.29, 1.82) is 0 Å². The van der Waals surface area contributed by atoms with Crippen LogP contribution >= 0.6 is 0 Å². The van der Waals surface area contributed by atoms with Crippen molar-refractivity contribution in [2.45, 2.75) is 51.6 Å². The van der Waals surface area contributed by atoms with Gasteiger partial charge in [0, 0.05) is 5.92 Å². The van der Waals surface area contributed by atoms with E-state index in [0.29, 0.717) is 35.7 Å². The predicted octanol–water partition coefficient (Wildman–Crippen LogP) is 1.72. The van der Waals surface area contributed by atoms with E-state index in [2.05, 4.69) is 19.2 Å². The number of methoxy groups -OCH3 is 1. The fourth-order valence-electron chi connectivity index (χ4n) is 4.00. The van der Waals surface area contributed by atoms with Gasteiger partial charge in [-0.05, 0) is 49.4 Å². The number of carbonyl (C=O) groups excluding carboxylic acids is 2. The van der Waals surface area contributed by atoms with Crippen LogP contribution in [-0.4, -0.2) is 31.0 Å². The number of hydrogen-bond acceptors (Lipinski definition) is 3. The number of nitrogens with two attached hydrogens (primary N) is 1. The maximum absolute atomic E-state index is 12.8. The second-order valence-electron chi connectivity index (χ2n) is 7.20. The minimum Gasteiger partial charge on any atom is -0.497 e. The van der Waals surface area contributed by atoms with Crippen molar-refractivity contribution in [3.63, 3.8) is 0 Å². The molecule has 1 saturated carbocycles. The first kappa shape index (κ1) is 17.0. The lowest BCUT2D eigenvalue weighted by Crippen LogP contribution is -2.97. The molecule has 2 aliphatic rings. The fourth-order valence-corrected chi connectivity index (χ4v) is 4.00. The molecule has 2 amide bonds. The third-order valence-corrected chi connectivity index (χ3v) is 5.76. The van der Waals surface area contributed by atoms with E-state index in [0.717, 1.165) is 6.42 Å². The fraction of sp³-hybridized carbons (Fsp3) is 0.579. The Bertz CT molecular complexity index is 614. The molecule has 3 rings (SSSR count). The molecule has 1 saturated heterocycles. The van der Waals surface area contributed by atoms with Crippen LogP contribution in [0.2, 0.25) is 0 Å². The summed E-state index contributed by atoms with van der Waals surface area (Å²) in [5, 5.41) is 2.16. The molecule has 24 heavy (non-hydrogen) atoms. The van der Waals surface area contributed by atoms with Crippen molar-refractivity contribution in [3.8, 4) is 5.75 Å². The van der Waals surface area contributed by atoms with Crippen molar-refractivity contribution < 1.29 is 19.6 Å². The summed E-state index contributed by atoms with van der Waals surface area (Å²) >= 11 is 0. The van der Waals surface area contributed by atoms with E-state index in [1.165, 1.54) is 17.7 Å². The van der Waals surface area contributed by atoms with Gasteiger partial charge in [0.1, 0.15) is 5.75 Å². The monoisotopic (exact) mass is 331 g/mol.